The molecule has 1 aliphatic rings. The van der Waals surface area contributed by atoms with Crippen LogP contribution in [0.5, 0.6) is 5.75 Å². The second-order valence-electron chi connectivity index (χ2n) is 6.76. The molecule has 178 valence electrons. The second kappa shape index (κ2) is 11.7. The zero-order valence-corrected chi connectivity index (χ0v) is 20.8. The summed E-state index contributed by atoms with van der Waals surface area (Å²) < 4.78 is 38.0. The van der Waals surface area contributed by atoms with E-state index in [9.17, 15) is 8.42 Å². The fourth-order valence-corrected chi connectivity index (χ4v) is 5.14. The van der Waals surface area contributed by atoms with Crippen LogP contribution in [-0.4, -0.2) is 67.7 Å². The summed E-state index contributed by atoms with van der Waals surface area (Å²) >= 11 is 5.38. The molecule has 0 saturated carbocycles. The number of hydrogen-bond acceptors (Lipinski definition) is 9. The lowest BCUT2D eigenvalue weighted by molar-refractivity contribution is 0.241. The molecule has 0 amide bonds. The molecule has 1 aliphatic heterocycles. The third-order valence-corrected chi connectivity index (χ3v) is 7.42. The number of aromatic amines is 1. The minimum Gasteiger partial charge on any atom is -0.491 e. The van der Waals surface area contributed by atoms with Crippen molar-refractivity contribution >= 4 is 56.3 Å². The Labute approximate surface area is 202 Å². The lowest BCUT2D eigenvalue weighted by atomic mass is 10.2. The smallest absolute Gasteiger partial charge is 0.281 e. The fraction of sp³-hybridized carbons (Fsp3) is 0.333. The number of hydrogen-bond donors (Lipinski definition) is 3. The van der Waals surface area contributed by atoms with Crippen LogP contribution >= 0.6 is 24.7 Å². The molecule has 4 rings (SSSR count). The third-order valence-electron chi connectivity index (χ3n) is 4.54. The van der Waals surface area contributed by atoms with Crippen LogP contribution < -0.4 is 9.04 Å². The zero-order chi connectivity index (χ0) is 23.8. The van der Waals surface area contributed by atoms with Gasteiger partial charge in [0.25, 0.3) is 10.0 Å². The Morgan fingerprint density at radius 1 is 1.27 bits per heavy atom. The standard InChI is InChI=1S/C19H20N4O4S3.C2H6O/c1-23(30(24,25)17-4-2-3-5-20-17)16-12-14(26-7-8-27-28)10-13-11-15(22-18(13)16)19-21-6-9-29-19;1-2-3/h2-5,10-12,22,28H,6-9H2,1H3;3H,2H2,1H3. The van der Waals surface area contributed by atoms with Gasteiger partial charge in [-0.05, 0) is 44.1 Å². The minimum atomic E-state index is -3.86. The van der Waals surface area contributed by atoms with E-state index in [0.29, 0.717) is 23.6 Å². The van der Waals surface area contributed by atoms with E-state index >= 15 is 0 Å². The summed E-state index contributed by atoms with van der Waals surface area (Å²) in [5.74, 6) is 1.46. The molecule has 2 aromatic heterocycles. The van der Waals surface area contributed by atoms with Crippen molar-refractivity contribution in [1.82, 2.24) is 9.97 Å². The first-order valence-corrected chi connectivity index (χ1v) is 13.0. The number of aliphatic imine (C=N–C) groups is 1. The van der Waals surface area contributed by atoms with Crippen molar-refractivity contribution in [3.05, 3.63) is 48.3 Å². The number of aromatic nitrogens is 2. The first-order chi connectivity index (χ1) is 15.9. The van der Waals surface area contributed by atoms with Gasteiger partial charge in [-0.15, -0.1) is 11.8 Å². The van der Waals surface area contributed by atoms with Gasteiger partial charge in [0.2, 0.25) is 0 Å². The SMILES string of the molecule is CCO.CN(c1cc(OCCOS)cc2cc(C3=NCCS3)[nH]c12)S(=O)(=O)c1ccccn1. The van der Waals surface area contributed by atoms with Crippen LogP contribution in [0.4, 0.5) is 5.69 Å². The van der Waals surface area contributed by atoms with Gasteiger partial charge >= 0.3 is 0 Å². The van der Waals surface area contributed by atoms with Gasteiger partial charge in [0.1, 0.15) is 17.4 Å². The predicted octanol–water partition coefficient (Wildman–Crippen LogP) is 3.12. The summed E-state index contributed by atoms with van der Waals surface area (Å²) in [6.07, 6.45) is 1.45. The molecule has 0 unspecified atom stereocenters. The number of H-pyrrole nitrogens is 1. The Morgan fingerprint density at radius 3 is 2.70 bits per heavy atom. The van der Waals surface area contributed by atoms with Gasteiger partial charge in [-0.1, -0.05) is 6.07 Å². The summed E-state index contributed by atoms with van der Waals surface area (Å²) in [6, 6.07) is 10.3. The van der Waals surface area contributed by atoms with Crippen molar-refractivity contribution < 1.29 is 22.4 Å². The molecule has 0 atom stereocenters. The Morgan fingerprint density at radius 2 is 2.06 bits per heavy atom. The number of nitrogens with one attached hydrogen (secondary N) is 1. The monoisotopic (exact) mass is 510 g/mol. The van der Waals surface area contributed by atoms with Crippen LogP contribution in [0.2, 0.25) is 0 Å². The van der Waals surface area contributed by atoms with E-state index in [1.54, 1.807) is 36.9 Å². The Hall–Kier alpha value is -2.25. The molecule has 0 fully saturated rings. The normalized spacial score (nSPS) is 13.4. The number of anilines is 1. The van der Waals surface area contributed by atoms with E-state index in [-0.39, 0.29) is 18.2 Å². The van der Waals surface area contributed by atoms with Crippen molar-refractivity contribution in [2.24, 2.45) is 4.99 Å². The third kappa shape index (κ3) is 6.01. The molecule has 1 aromatic carbocycles. The summed E-state index contributed by atoms with van der Waals surface area (Å²) in [5, 5.41) is 9.28. The molecule has 33 heavy (non-hydrogen) atoms. The van der Waals surface area contributed by atoms with E-state index < -0.39 is 10.0 Å². The molecule has 0 radical (unpaired) electrons. The maximum Gasteiger partial charge on any atom is 0.281 e. The fourth-order valence-electron chi connectivity index (χ4n) is 3.11. The van der Waals surface area contributed by atoms with Crippen LogP contribution in [0.1, 0.15) is 12.6 Å². The van der Waals surface area contributed by atoms with Gasteiger partial charge in [0.15, 0.2) is 5.03 Å². The van der Waals surface area contributed by atoms with Gasteiger partial charge in [0.05, 0.1) is 23.5 Å². The largest absolute Gasteiger partial charge is 0.491 e. The van der Waals surface area contributed by atoms with E-state index in [0.717, 1.165) is 28.4 Å². The molecule has 9 nitrogen and oxygen atoms in total. The van der Waals surface area contributed by atoms with Crippen LogP contribution in [-0.2, 0) is 14.2 Å². The van der Waals surface area contributed by atoms with E-state index in [1.165, 1.54) is 23.6 Å². The Kier molecular flexibility index (Phi) is 9.03. The Balaban J connectivity index is 0.000000968. The topological polar surface area (TPSA) is 117 Å². The number of benzene rings is 1. The number of thiol groups is 1. The molecule has 0 bridgehead atoms. The highest BCUT2D eigenvalue weighted by Crippen LogP contribution is 2.35. The lowest BCUT2D eigenvalue weighted by Crippen LogP contribution is -2.27. The van der Waals surface area contributed by atoms with Gasteiger partial charge < -0.3 is 19.0 Å². The average molecular weight is 511 g/mol. The quantitative estimate of drug-likeness (QED) is 0.242. The maximum atomic E-state index is 13.2. The van der Waals surface area contributed by atoms with Crippen molar-refractivity contribution in [3.63, 3.8) is 0 Å². The number of pyridine rings is 1. The Bertz CT molecular complexity index is 1200. The molecular formula is C21H26N4O5S3. The molecule has 0 aliphatic carbocycles. The number of fused-ring (bicyclic) bond motifs is 1. The lowest BCUT2D eigenvalue weighted by Gasteiger charge is -2.20. The van der Waals surface area contributed by atoms with Crippen molar-refractivity contribution in [2.45, 2.75) is 11.9 Å². The van der Waals surface area contributed by atoms with Crippen LogP contribution in [0.3, 0.4) is 0 Å². The number of aliphatic hydroxyl groups is 1. The molecule has 3 aromatic rings. The number of rotatable bonds is 8. The first kappa shape index (κ1) is 25.4. The molecule has 0 spiro atoms. The van der Waals surface area contributed by atoms with Crippen molar-refractivity contribution in [2.75, 3.05) is 43.5 Å². The van der Waals surface area contributed by atoms with Crippen molar-refractivity contribution in [3.8, 4) is 5.75 Å². The van der Waals surface area contributed by atoms with Crippen LogP contribution in [0.15, 0.2) is 52.6 Å². The zero-order valence-electron chi connectivity index (χ0n) is 18.3. The maximum absolute atomic E-state index is 13.2. The highest BCUT2D eigenvalue weighted by Gasteiger charge is 2.26. The summed E-state index contributed by atoms with van der Waals surface area (Å²) in [4.78, 5) is 11.8. The summed E-state index contributed by atoms with van der Waals surface area (Å²) in [6.45, 7) is 3.28. The average Bonchev–Trinajstić information content (AvgIpc) is 3.49. The van der Waals surface area contributed by atoms with Crippen molar-refractivity contribution in [1.29, 1.82) is 0 Å². The number of sulfonamides is 1. The van der Waals surface area contributed by atoms with Gasteiger partial charge in [-0.25, -0.2) is 4.98 Å². The molecule has 2 N–H and O–H groups in total. The van der Waals surface area contributed by atoms with Gasteiger partial charge in [0, 0.05) is 43.6 Å². The highest BCUT2D eigenvalue weighted by molar-refractivity contribution is 8.14. The van der Waals surface area contributed by atoms with Gasteiger partial charge in [-0.3, -0.25) is 9.30 Å². The summed E-state index contributed by atoms with van der Waals surface area (Å²) in [5.41, 5.74) is 1.99. The van der Waals surface area contributed by atoms with Crippen LogP contribution in [0, 0.1) is 0 Å². The predicted molar refractivity (Wildman–Crippen MR) is 135 cm³/mol. The van der Waals surface area contributed by atoms with E-state index in [2.05, 4.69) is 27.9 Å². The van der Waals surface area contributed by atoms with E-state index in [1.807, 2.05) is 12.1 Å². The number of thioether (sulfide) groups is 1. The second-order valence-corrected chi connectivity index (χ2v) is 10.0. The minimum absolute atomic E-state index is 0.0297. The highest BCUT2D eigenvalue weighted by atomic mass is 32.2. The van der Waals surface area contributed by atoms with E-state index in [4.69, 9.17) is 14.0 Å². The number of nitrogens with zero attached hydrogens (tertiary/aromatic N) is 3. The van der Waals surface area contributed by atoms with Crippen LogP contribution in [0.25, 0.3) is 10.9 Å². The number of aliphatic hydroxyl groups excluding tert-OH is 1. The number of ether oxygens (including phenoxy) is 1. The molecule has 3 heterocycles. The molecule has 0 saturated heterocycles. The molecule has 12 heteroatoms. The molecular weight excluding hydrogens is 484 g/mol. The summed E-state index contributed by atoms with van der Waals surface area (Å²) in [7, 11) is -2.36. The van der Waals surface area contributed by atoms with Gasteiger partial charge in [-0.2, -0.15) is 8.42 Å². The first-order valence-electron chi connectivity index (χ1n) is 10.2.